The minimum absolute atomic E-state index is 0.175. The number of hydrogen-bond acceptors (Lipinski definition) is 4. The number of benzene rings is 3. The van der Waals surface area contributed by atoms with Gasteiger partial charge in [-0.1, -0.05) is 60.7 Å². The van der Waals surface area contributed by atoms with Crippen LogP contribution in [0.3, 0.4) is 0 Å². The van der Waals surface area contributed by atoms with E-state index < -0.39 is 11.8 Å². The van der Waals surface area contributed by atoms with E-state index in [4.69, 9.17) is 4.74 Å². The van der Waals surface area contributed by atoms with Gasteiger partial charge in [-0.3, -0.25) is 14.3 Å². The maximum atomic E-state index is 13.7. The molecule has 0 aliphatic heterocycles. The maximum Gasteiger partial charge on any atom is 0.308 e. The fourth-order valence-corrected chi connectivity index (χ4v) is 3.45. The third-order valence-electron chi connectivity index (χ3n) is 4.94. The molecule has 1 aromatic heterocycles. The lowest BCUT2D eigenvalue weighted by atomic mass is 10.1. The number of esters is 1. The van der Waals surface area contributed by atoms with Crippen LogP contribution >= 0.6 is 0 Å². The van der Waals surface area contributed by atoms with Gasteiger partial charge in [-0.25, -0.2) is 4.39 Å². The molecule has 164 valence electrons. The summed E-state index contributed by atoms with van der Waals surface area (Å²) < 4.78 is 20.5. The fourth-order valence-electron chi connectivity index (χ4n) is 3.45. The van der Waals surface area contributed by atoms with Gasteiger partial charge in [0, 0.05) is 17.9 Å². The average molecular weight is 440 g/mol. The van der Waals surface area contributed by atoms with Gasteiger partial charge >= 0.3 is 5.97 Å². The third kappa shape index (κ3) is 5.49. The molecule has 6 heteroatoms. The van der Waals surface area contributed by atoms with Crippen molar-refractivity contribution in [2.24, 2.45) is 0 Å². The van der Waals surface area contributed by atoms with Crippen molar-refractivity contribution in [1.29, 1.82) is 0 Å². The van der Waals surface area contributed by atoms with Crippen LogP contribution in [0.2, 0.25) is 0 Å². The Morgan fingerprint density at radius 2 is 1.79 bits per heavy atom. The van der Waals surface area contributed by atoms with Gasteiger partial charge in [0.15, 0.2) is 17.3 Å². The van der Waals surface area contributed by atoms with Crippen molar-refractivity contribution in [1.82, 2.24) is 9.78 Å². The van der Waals surface area contributed by atoms with E-state index in [1.54, 1.807) is 12.2 Å². The van der Waals surface area contributed by atoms with E-state index >= 15 is 0 Å². The van der Waals surface area contributed by atoms with Crippen molar-refractivity contribution in [3.8, 4) is 5.75 Å². The molecule has 0 saturated heterocycles. The second-order valence-electron chi connectivity index (χ2n) is 7.43. The lowest BCUT2D eigenvalue weighted by molar-refractivity contribution is -0.132. The number of fused-ring (bicyclic) bond motifs is 1. The van der Waals surface area contributed by atoms with Gasteiger partial charge in [-0.15, -0.1) is 0 Å². The maximum absolute atomic E-state index is 13.7. The molecule has 4 rings (SSSR count). The molecule has 0 atom stereocenters. The highest BCUT2D eigenvalue weighted by Crippen LogP contribution is 2.22. The SMILES string of the molecule is CC(=O)Oc1cc(C=CC(=O)C=Cc2cccc3cnn(Cc4ccccc4)c23)ccc1F. The number of nitrogens with zero attached hydrogens (tertiary/aromatic N) is 2. The van der Waals surface area contributed by atoms with Crippen molar-refractivity contribution in [3.05, 3.63) is 108 Å². The Kier molecular flexibility index (Phi) is 6.55. The van der Waals surface area contributed by atoms with Crippen LogP contribution in [0, 0.1) is 5.82 Å². The Labute approximate surface area is 190 Å². The number of ketones is 1. The van der Waals surface area contributed by atoms with E-state index in [1.807, 2.05) is 59.4 Å². The molecule has 0 aliphatic carbocycles. The molecule has 0 radical (unpaired) electrons. The fraction of sp³-hybridized carbons (Fsp3) is 0.0741. The summed E-state index contributed by atoms with van der Waals surface area (Å²) >= 11 is 0. The van der Waals surface area contributed by atoms with Crippen molar-refractivity contribution in [3.63, 3.8) is 0 Å². The first-order valence-corrected chi connectivity index (χ1v) is 10.4. The Bertz CT molecular complexity index is 1370. The molecule has 5 nitrogen and oxygen atoms in total. The highest BCUT2D eigenvalue weighted by atomic mass is 19.1. The van der Waals surface area contributed by atoms with Gasteiger partial charge < -0.3 is 4.74 Å². The van der Waals surface area contributed by atoms with Crippen molar-refractivity contribution < 1.29 is 18.7 Å². The molecule has 0 amide bonds. The molecular formula is C27H21FN2O3. The zero-order valence-corrected chi connectivity index (χ0v) is 17.9. The summed E-state index contributed by atoms with van der Waals surface area (Å²) in [4.78, 5) is 23.5. The van der Waals surface area contributed by atoms with Gasteiger partial charge in [-0.05, 0) is 41.5 Å². The predicted molar refractivity (Wildman–Crippen MR) is 126 cm³/mol. The van der Waals surface area contributed by atoms with Gasteiger partial charge in [0.2, 0.25) is 0 Å². The highest BCUT2D eigenvalue weighted by molar-refractivity contribution is 6.05. The van der Waals surface area contributed by atoms with Crippen LogP contribution in [-0.4, -0.2) is 21.5 Å². The molecule has 0 aliphatic rings. The van der Waals surface area contributed by atoms with E-state index in [9.17, 15) is 14.0 Å². The van der Waals surface area contributed by atoms with Crippen LogP contribution in [-0.2, 0) is 16.1 Å². The quantitative estimate of drug-likeness (QED) is 0.218. The zero-order chi connectivity index (χ0) is 23.2. The third-order valence-corrected chi connectivity index (χ3v) is 4.94. The molecule has 33 heavy (non-hydrogen) atoms. The van der Waals surface area contributed by atoms with Crippen molar-refractivity contribution >= 4 is 34.8 Å². The van der Waals surface area contributed by atoms with Gasteiger partial charge in [0.25, 0.3) is 0 Å². The Hall–Kier alpha value is -4.32. The largest absolute Gasteiger partial charge is 0.424 e. The highest BCUT2D eigenvalue weighted by Gasteiger charge is 2.08. The number of para-hydroxylation sites is 1. The van der Waals surface area contributed by atoms with E-state index in [0.29, 0.717) is 12.1 Å². The van der Waals surface area contributed by atoms with Crippen LogP contribution in [0.5, 0.6) is 5.75 Å². The molecule has 0 unspecified atom stereocenters. The number of rotatable bonds is 7. The monoisotopic (exact) mass is 440 g/mol. The lowest BCUT2D eigenvalue weighted by Crippen LogP contribution is -2.03. The molecule has 3 aromatic carbocycles. The average Bonchev–Trinajstić information content (AvgIpc) is 3.22. The van der Waals surface area contributed by atoms with Gasteiger partial charge in [0.05, 0.1) is 18.3 Å². The standard InChI is InChI=1S/C27H21FN2O3/c1-19(31)33-26-16-20(11-15-25(26)28)10-13-24(32)14-12-22-8-5-9-23-17-29-30(27(22)23)18-21-6-3-2-4-7-21/h2-17H,18H2,1H3. The number of ether oxygens (including phenoxy) is 1. The minimum atomic E-state index is -0.645. The van der Waals surface area contributed by atoms with Crippen LogP contribution < -0.4 is 4.74 Å². The Morgan fingerprint density at radius 1 is 1.00 bits per heavy atom. The number of allylic oxidation sites excluding steroid dienone is 2. The Balaban J connectivity index is 1.53. The zero-order valence-electron chi connectivity index (χ0n) is 17.9. The number of aromatic nitrogens is 2. The first-order chi connectivity index (χ1) is 16.0. The van der Waals surface area contributed by atoms with Crippen LogP contribution in [0.25, 0.3) is 23.1 Å². The molecule has 4 aromatic rings. The van der Waals surface area contributed by atoms with Gasteiger partial charge in [0.1, 0.15) is 0 Å². The minimum Gasteiger partial charge on any atom is -0.424 e. The number of carbonyl (C=O) groups is 2. The van der Waals surface area contributed by atoms with Crippen LogP contribution in [0.1, 0.15) is 23.6 Å². The smallest absolute Gasteiger partial charge is 0.308 e. The second kappa shape index (κ2) is 9.87. The first-order valence-electron chi connectivity index (χ1n) is 10.4. The van der Waals surface area contributed by atoms with Crippen LogP contribution in [0.4, 0.5) is 4.39 Å². The Morgan fingerprint density at radius 3 is 2.58 bits per heavy atom. The predicted octanol–water partition coefficient (Wildman–Crippen LogP) is 5.44. The molecule has 0 saturated carbocycles. The molecule has 0 bridgehead atoms. The number of halogens is 1. The van der Waals surface area contributed by atoms with Crippen molar-refractivity contribution in [2.45, 2.75) is 13.5 Å². The van der Waals surface area contributed by atoms with Crippen LogP contribution in [0.15, 0.2) is 85.1 Å². The number of hydrogen-bond donors (Lipinski definition) is 0. The summed E-state index contributed by atoms with van der Waals surface area (Å²) in [5.74, 6) is -1.67. The normalized spacial score (nSPS) is 11.5. The summed E-state index contributed by atoms with van der Waals surface area (Å²) in [5.41, 5.74) is 3.49. The van der Waals surface area contributed by atoms with E-state index in [0.717, 1.165) is 22.0 Å². The summed E-state index contributed by atoms with van der Waals surface area (Å²) in [5, 5.41) is 5.49. The summed E-state index contributed by atoms with van der Waals surface area (Å²) in [7, 11) is 0. The number of carbonyl (C=O) groups excluding carboxylic acids is 2. The molecule has 1 heterocycles. The van der Waals surface area contributed by atoms with E-state index in [1.165, 1.54) is 37.3 Å². The van der Waals surface area contributed by atoms with E-state index in [-0.39, 0.29) is 11.5 Å². The molecular weight excluding hydrogens is 419 g/mol. The van der Waals surface area contributed by atoms with Crippen molar-refractivity contribution in [2.75, 3.05) is 0 Å². The summed E-state index contributed by atoms with van der Waals surface area (Å²) in [6.07, 6.45) is 7.96. The molecule has 0 fully saturated rings. The second-order valence-corrected chi connectivity index (χ2v) is 7.43. The van der Waals surface area contributed by atoms with E-state index in [2.05, 4.69) is 5.10 Å². The molecule has 0 N–H and O–H groups in total. The lowest BCUT2D eigenvalue weighted by Gasteiger charge is -2.06. The molecule has 0 spiro atoms. The first kappa shape index (κ1) is 21.9. The summed E-state index contributed by atoms with van der Waals surface area (Å²) in [6.45, 7) is 1.82. The topological polar surface area (TPSA) is 61.2 Å². The summed E-state index contributed by atoms with van der Waals surface area (Å²) in [6, 6.07) is 19.9. The van der Waals surface area contributed by atoms with Gasteiger partial charge in [-0.2, -0.15) is 5.10 Å².